The monoisotopic (exact) mass is 241 g/mol. The third kappa shape index (κ3) is 2.22. The van der Waals surface area contributed by atoms with Crippen molar-refractivity contribution in [1.82, 2.24) is 9.97 Å². The SMILES string of the molecule is CC(C)(N)c1ncc(-c2ccc(Cl)s2)[nH]1. The van der Waals surface area contributed by atoms with E-state index in [0.717, 1.165) is 20.7 Å². The minimum atomic E-state index is -0.445. The number of nitrogens with zero attached hydrogens (tertiary/aromatic N) is 1. The summed E-state index contributed by atoms with van der Waals surface area (Å²) in [4.78, 5) is 8.53. The number of H-pyrrole nitrogens is 1. The molecule has 0 aliphatic rings. The van der Waals surface area contributed by atoms with Gasteiger partial charge in [0.05, 0.1) is 26.6 Å². The molecule has 0 bridgehead atoms. The van der Waals surface area contributed by atoms with Gasteiger partial charge >= 0.3 is 0 Å². The van der Waals surface area contributed by atoms with Crippen molar-refractivity contribution in [2.75, 3.05) is 0 Å². The summed E-state index contributed by atoms with van der Waals surface area (Å²) < 4.78 is 0.771. The molecular weight excluding hydrogens is 230 g/mol. The van der Waals surface area contributed by atoms with Gasteiger partial charge in [-0.05, 0) is 26.0 Å². The number of imidazole rings is 1. The second-order valence-corrected chi connectivity index (χ2v) is 5.69. The average Bonchev–Trinajstić information content (AvgIpc) is 2.69. The first kappa shape index (κ1) is 10.7. The van der Waals surface area contributed by atoms with E-state index in [1.54, 1.807) is 6.20 Å². The second kappa shape index (κ2) is 3.63. The molecule has 15 heavy (non-hydrogen) atoms. The molecule has 2 rings (SSSR count). The van der Waals surface area contributed by atoms with E-state index in [1.165, 1.54) is 11.3 Å². The van der Waals surface area contributed by atoms with Gasteiger partial charge in [0, 0.05) is 0 Å². The highest BCUT2D eigenvalue weighted by Crippen LogP contribution is 2.30. The lowest BCUT2D eigenvalue weighted by atomic mass is 10.1. The number of nitrogens with one attached hydrogen (secondary N) is 1. The van der Waals surface area contributed by atoms with Gasteiger partial charge in [0.25, 0.3) is 0 Å². The number of hydrogen-bond acceptors (Lipinski definition) is 3. The van der Waals surface area contributed by atoms with Crippen LogP contribution in [0.1, 0.15) is 19.7 Å². The summed E-state index contributed by atoms with van der Waals surface area (Å²) in [6.07, 6.45) is 1.78. The first-order chi connectivity index (χ1) is 6.97. The molecule has 2 aromatic rings. The summed E-state index contributed by atoms with van der Waals surface area (Å²) >= 11 is 7.38. The highest BCUT2D eigenvalue weighted by atomic mass is 35.5. The van der Waals surface area contributed by atoms with Gasteiger partial charge < -0.3 is 10.7 Å². The Morgan fingerprint density at radius 1 is 1.47 bits per heavy atom. The third-order valence-corrected chi connectivity index (χ3v) is 3.29. The molecular formula is C10H12ClN3S. The molecule has 0 radical (unpaired) electrons. The Morgan fingerprint density at radius 3 is 2.67 bits per heavy atom. The van der Waals surface area contributed by atoms with Gasteiger partial charge in [-0.15, -0.1) is 11.3 Å². The summed E-state index contributed by atoms with van der Waals surface area (Å²) in [7, 11) is 0. The molecule has 0 saturated heterocycles. The van der Waals surface area contributed by atoms with Crippen LogP contribution in [-0.4, -0.2) is 9.97 Å². The molecule has 0 aliphatic carbocycles. The fourth-order valence-corrected chi connectivity index (χ4v) is 2.24. The summed E-state index contributed by atoms with van der Waals surface area (Å²) in [5.41, 5.74) is 6.45. The minimum absolute atomic E-state index is 0.445. The second-order valence-electron chi connectivity index (χ2n) is 3.97. The molecule has 3 nitrogen and oxygen atoms in total. The first-order valence-electron chi connectivity index (χ1n) is 4.57. The van der Waals surface area contributed by atoms with Crippen LogP contribution in [0.3, 0.4) is 0 Å². The van der Waals surface area contributed by atoms with Crippen LogP contribution in [0.25, 0.3) is 10.6 Å². The molecule has 80 valence electrons. The maximum Gasteiger partial charge on any atom is 0.126 e. The van der Waals surface area contributed by atoms with E-state index in [1.807, 2.05) is 26.0 Å². The molecule has 0 saturated carbocycles. The molecule has 0 fully saturated rings. The van der Waals surface area contributed by atoms with E-state index in [0.29, 0.717) is 0 Å². The van der Waals surface area contributed by atoms with Crippen LogP contribution in [0.15, 0.2) is 18.3 Å². The van der Waals surface area contributed by atoms with Gasteiger partial charge in [0.1, 0.15) is 5.82 Å². The largest absolute Gasteiger partial charge is 0.340 e. The van der Waals surface area contributed by atoms with Crippen LogP contribution in [0.2, 0.25) is 4.34 Å². The summed E-state index contributed by atoms with van der Waals surface area (Å²) in [5, 5.41) is 0. The lowest BCUT2D eigenvalue weighted by Gasteiger charge is -2.14. The smallest absolute Gasteiger partial charge is 0.126 e. The zero-order chi connectivity index (χ0) is 11.1. The molecule has 0 atom stereocenters. The van der Waals surface area contributed by atoms with Crippen molar-refractivity contribution < 1.29 is 0 Å². The van der Waals surface area contributed by atoms with Crippen LogP contribution in [0, 0.1) is 0 Å². The maximum atomic E-state index is 5.94. The normalized spacial score (nSPS) is 12.0. The predicted molar refractivity (Wildman–Crippen MR) is 64.1 cm³/mol. The van der Waals surface area contributed by atoms with Gasteiger partial charge in [-0.2, -0.15) is 0 Å². The van der Waals surface area contributed by atoms with Crippen molar-refractivity contribution >= 4 is 22.9 Å². The molecule has 0 aliphatic heterocycles. The Morgan fingerprint density at radius 2 is 2.20 bits per heavy atom. The summed E-state index contributed by atoms with van der Waals surface area (Å²) in [6.45, 7) is 3.83. The van der Waals surface area contributed by atoms with Gasteiger partial charge in [-0.25, -0.2) is 4.98 Å². The number of aromatic amines is 1. The van der Waals surface area contributed by atoms with Crippen LogP contribution < -0.4 is 5.73 Å². The number of halogens is 1. The standard InChI is InChI=1S/C10H12ClN3S/c1-10(2,12)9-13-5-6(14-9)7-3-4-8(11)15-7/h3-5H,12H2,1-2H3,(H,13,14). The van der Waals surface area contributed by atoms with Crippen molar-refractivity contribution in [1.29, 1.82) is 0 Å². The van der Waals surface area contributed by atoms with Crippen LogP contribution in [-0.2, 0) is 5.54 Å². The Labute approximate surface area is 97.3 Å². The fraction of sp³-hybridized carbons (Fsp3) is 0.300. The Balaban J connectivity index is 2.36. The van der Waals surface area contributed by atoms with E-state index in [4.69, 9.17) is 17.3 Å². The highest BCUT2D eigenvalue weighted by molar-refractivity contribution is 7.19. The van der Waals surface area contributed by atoms with Crippen molar-refractivity contribution in [2.24, 2.45) is 5.73 Å². The number of nitrogens with two attached hydrogens (primary N) is 1. The lowest BCUT2D eigenvalue weighted by Crippen LogP contribution is -2.30. The molecule has 0 aromatic carbocycles. The van der Waals surface area contributed by atoms with E-state index in [-0.39, 0.29) is 0 Å². The van der Waals surface area contributed by atoms with E-state index < -0.39 is 5.54 Å². The molecule has 0 unspecified atom stereocenters. The van der Waals surface area contributed by atoms with Crippen molar-refractivity contribution in [3.8, 4) is 10.6 Å². The summed E-state index contributed by atoms with van der Waals surface area (Å²) in [5.74, 6) is 0.780. The van der Waals surface area contributed by atoms with Gasteiger partial charge in [0.15, 0.2) is 0 Å². The van der Waals surface area contributed by atoms with E-state index in [9.17, 15) is 0 Å². The Hall–Kier alpha value is -0.840. The van der Waals surface area contributed by atoms with Crippen molar-refractivity contribution in [3.63, 3.8) is 0 Å². The molecule has 3 N–H and O–H groups in total. The average molecular weight is 242 g/mol. The maximum absolute atomic E-state index is 5.94. The highest BCUT2D eigenvalue weighted by Gasteiger charge is 2.18. The van der Waals surface area contributed by atoms with Crippen LogP contribution in [0.5, 0.6) is 0 Å². The predicted octanol–water partition coefficient (Wildman–Crippen LogP) is 2.99. The fourth-order valence-electron chi connectivity index (χ4n) is 1.23. The number of thiophene rings is 1. The zero-order valence-corrected chi connectivity index (χ0v) is 10.1. The summed E-state index contributed by atoms with van der Waals surface area (Å²) in [6, 6.07) is 3.84. The van der Waals surface area contributed by atoms with E-state index >= 15 is 0 Å². The molecule has 0 amide bonds. The van der Waals surface area contributed by atoms with Crippen LogP contribution in [0.4, 0.5) is 0 Å². The molecule has 2 aromatic heterocycles. The number of aromatic nitrogens is 2. The lowest BCUT2D eigenvalue weighted by molar-refractivity contribution is 0.520. The molecule has 0 spiro atoms. The first-order valence-corrected chi connectivity index (χ1v) is 5.76. The zero-order valence-electron chi connectivity index (χ0n) is 8.54. The van der Waals surface area contributed by atoms with Crippen LogP contribution >= 0.6 is 22.9 Å². The Kier molecular flexibility index (Phi) is 2.58. The van der Waals surface area contributed by atoms with Crippen molar-refractivity contribution in [2.45, 2.75) is 19.4 Å². The van der Waals surface area contributed by atoms with E-state index in [2.05, 4.69) is 9.97 Å². The Bertz CT molecular complexity index is 467. The molecule has 2 heterocycles. The third-order valence-electron chi connectivity index (χ3n) is 2.02. The van der Waals surface area contributed by atoms with Gasteiger partial charge in [0.2, 0.25) is 0 Å². The minimum Gasteiger partial charge on any atom is -0.340 e. The van der Waals surface area contributed by atoms with Gasteiger partial charge in [-0.1, -0.05) is 11.6 Å². The molecule has 5 heteroatoms. The van der Waals surface area contributed by atoms with Crippen molar-refractivity contribution in [3.05, 3.63) is 28.5 Å². The number of hydrogen-bond donors (Lipinski definition) is 2. The topological polar surface area (TPSA) is 54.7 Å². The quantitative estimate of drug-likeness (QED) is 0.849. The van der Waals surface area contributed by atoms with Gasteiger partial charge in [-0.3, -0.25) is 0 Å². The number of rotatable bonds is 2.